The van der Waals surface area contributed by atoms with Crippen LogP contribution in [0.5, 0.6) is 0 Å². The van der Waals surface area contributed by atoms with Crippen LogP contribution in [0.4, 0.5) is 0 Å². The summed E-state index contributed by atoms with van der Waals surface area (Å²) in [4.78, 5) is 0. The summed E-state index contributed by atoms with van der Waals surface area (Å²) in [6.07, 6.45) is 0. The fourth-order valence-electron chi connectivity index (χ4n) is 10.2. The first-order valence-electron chi connectivity index (χ1n) is 19.8. The van der Waals surface area contributed by atoms with Crippen LogP contribution in [0.3, 0.4) is 0 Å². The van der Waals surface area contributed by atoms with E-state index < -0.39 is 0 Å². The van der Waals surface area contributed by atoms with Gasteiger partial charge in [0.1, 0.15) is 22.3 Å². The minimum Gasteiger partial charge on any atom is -0.456 e. The summed E-state index contributed by atoms with van der Waals surface area (Å²) >= 11 is 0. The van der Waals surface area contributed by atoms with Crippen molar-refractivity contribution in [3.63, 3.8) is 0 Å². The fourth-order valence-corrected chi connectivity index (χ4v) is 10.2. The summed E-state index contributed by atoms with van der Waals surface area (Å²) in [6.45, 7) is 4.68. The van der Waals surface area contributed by atoms with Crippen molar-refractivity contribution in [3.8, 4) is 33.4 Å². The van der Waals surface area contributed by atoms with Crippen molar-refractivity contribution in [3.05, 3.63) is 181 Å². The Bertz CT molecular complexity index is 3720. The van der Waals surface area contributed by atoms with E-state index >= 15 is 0 Å². The number of fused-ring (bicyclic) bond motifs is 17. The van der Waals surface area contributed by atoms with E-state index in [1.807, 2.05) is 0 Å². The Labute approximate surface area is 328 Å². The van der Waals surface area contributed by atoms with Gasteiger partial charge in [-0.25, -0.2) is 0 Å². The van der Waals surface area contributed by atoms with Crippen molar-refractivity contribution < 1.29 is 8.83 Å². The molecule has 12 aromatic rings. The Morgan fingerprint density at radius 2 is 0.842 bits per heavy atom. The van der Waals surface area contributed by atoms with Crippen molar-refractivity contribution in [2.24, 2.45) is 0 Å². The van der Waals surface area contributed by atoms with E-state index in [0.717, 1.165) is 49.3 Å². The maximum atomic E-state index is 6.67. The number of rotatable bonds is 2. The van der Waals surface area contributed by atoms with Crippen LogP contribution >= 0.6 is 0 Å². The molecule has 0 radical (unpaired) electrons. The normalized spacial score (nSPS) is 13.6. The van der Waals surface area contributed by atoms with Gasteiger partial charge in [0.05, 0.1) is 0 Å². The van der Waals surface area contributed by atoms with E-state index in [2.05, 4.69) is 184 Å². The molecule has 0 fully saturated rings. The van der Waals surface area contributed by atoms with E-state index in [1.54, 1.807) is 0 Å². The van der Waals surface area contributed by atoms with Gasteiger partial charge in [-0.15, -0.1) is 0 Å². The summed E-state index contributed by atoms with van der Waals surface area (Å²) in [6, 6.07) is 62.3. The van der Waals surface area contributed by atoms with E-state index in [0.29, 0.717) is 0 Å². The standard InChI is InChI=1S/C55H34O2/c1-55(2)49-14-8-7-13-40(49)41-21-17-35(28-50(41)55)34-19-24-52-47(27-34)46-26-33(18-23-51(46)56-52)32-16-20-39-43(25-32)37-11-5-6-12-38(37)44-29-48-42-22-15-31-9-3-4-10-36(31)54(42)57-53(48)30-45(39)44/h3-30H,1-2H3. The molecule has 2 aromatic heterocycles. The second-order valence-corrected chi connectivity index (χ2v) is 16.4. The zero-order chi connectivity index (χ0) is 37.6. The summed E-state index contributed by atoms with van der Waals surface area (Å²) in [5, 5.41) is 14.3. The molecule has 0 saturated carbocycles. The van der Waals surface area contributed by atoms with Crippen molar-refractivity contribution in [1.29, 1.82) is 0 Å². The SMILES string of the molecule is CC1(C)c2ccccc2-c2ccc(-c3ccc4oc5ccc(-c6ccc7c(c6)c6ccccc6c6cc8c(cc76)oc6c7ccccc7ccc86)cc5c4c3)cc21. The lowest BCUT2D eigenvalue weighted by molar-refractivity contribution is 0.660. The first-order valence-corrected chi connectivity index (χ1v) is 19.8. The lowest BCUT2D eigenvalue weighted by Crippen LogP contribution is -2.14. The molecule has 266 valence electrons. The van der Waals surface area contributed by atoms with Crippen LogP contribution < -0.4 is 0 Å². The quantitative estimate of drug-likeness (QED) is 0.166. The average Bonchev–Trinajstić information content (AvgIpc) is 3.89. The number of furan rings is 2. The molecule has 2 heterocycles. The van der Waals surface area contributed by atoms with Crippen molar-refractivity contribution in [2.75, 3.05) is 0 Å². The highest BCUT2D eigenvalue weighted by Crippen LogP contribution is 2.50. The monoisotopic (exact) mass is 726 g/mol. The van der Waals surface area contributed by atoms with Crippen LogP contribution in [0.1, 0.15) is 25.0 Å². The van der Waals surface area contributed by atoms with E-state index in [4.69, 9.17) is 8.83 Å². The van der Waals surface area contributed by atoms with Gasteiger partial charge in [0.2, 0.25) is 0 Å². The molecular weight excluding hydrogens is 693 g/mol. The highest BCUT2D eigenvalue weighted by Gasteiger charge is 2.35. The molecule has 0 bridgehead atoms. The largest absolute Gasteiger partial charge is 0.456 e. The summed E-state index contributed by atoms with van der Waals surface area (Å²) in [5.41, 5.74) is 13.9. The second kappa shape index (κ2) is 11.0. The first kappa shape index (κ1) is 31.1. The number of hydrogen-bond acceptors (Lipinski definition) is 2. The first-order chi connectivity index (χ1) is 28.0. The molecule has 1 aliphatic rings. The predicted octanol–water partition coefficient (Wildman–Crippen LogP) is 15.7. The van der Waals surface area contributed by atoms with Crippen molar-refractivity contribution in [1.82, 2.24) is 0 Å². The molecule has 0 atom stereocenters. The zero-order valence-electron chi connectivity index (χ0n) is 31.5. The Morgan fingerprint density at radius 1 is 0.316 bits per heavy atom. The number of benzene rings is 10. The molecule has 13 rings (SSSR count). The van der Waals surface area contributed by atoms with E-state index in [-0.39, 0.29) is 5.41 Å². The predicted molar refractivity (Wildman–Crippen MR) is 239 cm³/mol. The second-order valence-electron chi connectivity index (χ2n) is 16.4. The Kier molecular flexibility index (Phi) is 6.00. The number of hydrogen-bond donors (Lipinski definition) is 0. The van der Waals surface area contributed by atoms with Crippen LogP contribution in [-0.2, 0) is 5.41 Å². The van der Waals surface area contributed by atoms with Crippen LogP contribution in [0.25, 0.3) is 120 Å². The molecule has 57 heavy (non-hydrogen) atoms. The maximum absolute atomic E-state index is 6.67. The highest BCUT2D eigenvalue weighted by molar-refractivity contribution is 6.29. The topological polar surface area (TPSA) is 26.3 Å². The average molecular weight is 727 g/mol. The van der Waals surface area contributed by atoms with Gasteiger partial charge in [0, 0.05) is 32.3 Å². The molecule has 2 heteroatoms. The Hall–Kier alpha value is -7.16. The van der Waals surface area contributed by atoms with Gasteiger partial charge in [0.15, 0.2) is 0 Å². The van der Waals surface area contributed by atoms with Crippen LogP contribution in [-0.4, -0.2) is 0 Å². The summed E-state index contributed by atoms with van der Waals surface area (Å²) < 4.78 is 13.1. The summed E-state index contributed by atoms with van der Waals surface area (Å²) in [5.74, 6) is 0. The molecule has 0 N–H and O–H groups in total. The van der Waals surface area contributed by atoms with Gasteiger partial charge in [0.25, 0.3) is 0 Å². The third kappa shape index (κ3) is 4.25. The molecule has 1 aliphatic carbocycles. The lowest BCUT2D eigenvalue weighted by Gasteiger charge is -2.22. The molecule has 0 spiro atoms. The third-order valence-electron chi connectivity index (χ3n) is 13.0. The van der Waals surface area contributed by atoms with Crippen LogP contribution in [0, 0.1) is 0 Å². The van der Waals surface area contributed by atoms with Gasteiger partial charge in [-0.05, 0) is 137 Å². The van der Waals surface area contributed by atoms with Crippen LogP contribution in [0.15, 0.2) is 179 Å². The molecular formula is C55H34O2. The molecule has 0 aliphatic heterocycles. The minimum atomic E-state index is -0.0459. The molecule has 2 nitrogen and oxygen atoms in total. The van der Waals surface area contributed by atoms with Crippen LogP contribution in [0.2, 0.25) is 0 Å². The molecule has 0 amide bonds. The van der Waals surface area contributed by atoms with E-state index in [9.17, 15) is 0 Å². The van der Waals surface area contributed by atoms with Gasteiger partial charge in [-0.1, -0.05) is 129 Å². The fraction of sp³-hybridized carbons (Fsp3) is 0.0545. The van der Waals surface area contributed by atoms with Gasteiger partial charge < -0.3 is 8.83 Å². The van der Waals surface area contributed by atoms with Gasteiger partial charge in [-0.3, -0.25) is 0 Å². The zero-order valence-corrected chi connectivity index (χ0v) is 31.5. The highest BCUT2D eigenvalue weighted by atomic mass is 16.3. The minimum absolute atomic E-state index is 0.0459. The Morgan fingerprint density at radius 3 is 1.61 bits per heavy atom. The van der Waals surface area contributed by atoms with Crippen molar-refractivity contribution in [2.45, 2.75) is 19.3 Å². The molecule has 0 unspecified atom stereocenters. The van der Waals surface area contributed by atoms with Gasteiger partial charge >= 0.3 is 0 Å². The van der Waals surface area contributed by atoms with E-state index in [1.165, 1.54) is 82.2 Å². The smallest absolute Gasteiger partial charge is 0.143 e. The third-order valence-corrected chi connectivity index (χ3v) is 13.0. The maximum Gasteiger partial charge on any atom is 0.143 e. The van der Waals surface area contributed by atoms with Gasteiger partial charge in [-0.2, -0.15) is 0 Å². The molecule has 0 saturated heterocycles. The summed E-state index contributed by atoms with van der Waals surface area (Å²) in [7, 11) is 0. The Balaban J connectivity index is 0.960. The van der Waals surface area contributed by atoms with Crippen molar-refractivity contribution >= 4 is 87.0 Å². The lowest BCUT2D eigenvalue weighted by atomic mass is 9.81. The molecule has 10 aromatic carbocycles.